The van der Waals surface area contributed by atoms with Crippen molar-refractivity contribution in [3.8, 4) is 17.2 Å². The van der Waals surface area contributed by atoms with Gasteiger partial charge in [-0.1, -0.05) is 40.2 Å². The van der Waals surface area contributed by atoms with E-state index in [0.29, 0.717) is 46.1 Å². The summed E-state index contributed by atoms with van der Waals surface area (Å²) in [6, 6.07) is 18.2. The molecule has 10 heteroatoms. The number of benzene rings is 3. The molecule has 0 radical (unpaired) electrons. The second-order valence-corrected chi connectivity index (χ2v) is 9.12. The van der Waals surface area contributed by atoms with Gasteiger partial charge in [0.25, 0.3) is 11.8 Å². The molecule has 0 saturated heterocycles. The van der Waals surface area contributed by atoms with Crippen LogP contribution in [0.4, 0.5) is 0 Å². The summed E-state index contributed by atoms with van der Waals surface area (Å²) in [6.07, 6.45) is 1.48. The molecule has 3 rings (SSSR count). The minimum Gasteiger partial charge on any atom is -0.496 e. The van der Waals surface area contributed by atoms with E-state index in [4.69, 9.17) is 14.2 Å². The Morgan fingerprint density at radius 1 is 1.00 bits per heavy atom. The number of carbonyl (C=O) groups is 2. The van der Waals surface area contributed by atoms with Gasteiger partial charge < -0.3 is 19.5 Å². The number of hydrazone groups is 1. The molecular weight excluding hydrogens is 594 g/mol. The van der Waals surface area contributed by atoms with E-state index in [0.717, 1.165) is 10.0 Å². The number of hydrogen-bond acceptors (Lipinski definition) is 6. The van der Waals surface area contributed by atoms with Crippen LogP contribution < -0.4 is 25.0 Å². The molecule has 2 amide bonds. The highest BCUT2D eigenvalue weighted by molar-refractivity contribution is 9.10. The van der Waals surface area contributed by atoms with Gasteiger partial charge in [-0.15, -0.1) is 0 Å². The van der Waals surface area contributed by atoms with E-state index in [1.165, 1.54) is 13.3 Å². The molecule has 0 aliphatic carbocycles. The maximum Gasteiger partial charge on any atom is 0.259 e. The molecule has 0 aliphatic rings. The zero-order chi connectivity index (χ0) is 25.9. The molecule has 2 N–H and O–H groups in total. The Balaban J connectivity index is 1.59. The Kier molecular flexibility index (Phi) is 10.3. The van der Waals surface area contributed by atoms with E-state index in [2.05, 4.69) is 47.7 Å². The minimum absolute atomic E-state index is 0.245. The van der Waals surface area contributed by atoms with E-state index in [9.17, 15) is 9.59 Å². The van der Waals surface area contributed by atoms with Gasteiger partial charge in [0.1, 0.15) is 12.4 Å². The summed E-state index contributed by atoms with van der Waals surface area (Å²) in [6.45, 7) is 2.46. The summed E-state index contributed by atoms with van der Waals surface area (Å²) in [5.74, 6) is 0.637. The zero-order valence-corrected chi connectivity index (χ0v) is 22.9. The van der Waals surface area contributed by atoms with E-state index in [-0.39, 0.29) is 6.54 Å². The molecule has 0 saturated carbocycles. The Morgan fingerprint density at radius 2 is 1.75 bits per heavy atom. The third-order valence-electron chi connectivity index (χ3n) is 4.79. The van der Waals surface area contributed by atoms with Gasteiger partial charge in [-0.3, -0.25) is 9.59 Å². The number of halogens is 2. The topological polar surface area (TPSA) is 98.2 Å². The second-order valence-electron chi connectivity index (χ2n) is 7.35. The predicted octanol–water partition coefficient (Wildman–Crippen LogP) is 5.08. The number of para-hydroxylation sites is 1. The molecule has 8 nitrogen and oxygen atoms in total. The van der Waals surface area contributed by atoms with Crippen molar-refractivity contribution in [1.29, 1.82) is 0 Å². The fourth-order valence-corrected chi connectivity index (χ4v) is 3.95. The van der Waals surface area contributed by atoms with Crippen molar-refractivity contribution >= 4 is 49.9 Å². The summed E-state index contributed by atoms with van der Waals surface area (Å²) in [5.41, 5.74) is 4.43. The van der Waals surface area contributed by atoms with Crippen LogP contribution >= 0.6 is 31.9 Å². The number of amides is 2. The Bertz CT molecular complexity index is 1230. The van der Waals surface area contributed by atoms with Gasteiger partial charge >= 0.3 is 0 Å². The predicted molar refractivity (Wildman–Crippen MR) is 145 cm³/mol. The van der Waals surface area contributed by atoms with E-state index in [1.54, 1.807) is 36.4 Å². The maximum absolute atomic E-state index is 12.3. The molecule has 0 aromatic heterocycles. The van der Waals surface area contributed by atoms with Gasteiger partial charge in [-0.05, 0) is 70.4 Å². The molecule has 188 valence electrons. The summed E-state index contributed by atoms with van der Waals surface area (Å²) >= 11 is 6.95. The maximum atomic E-state index is 12.3. The van der Waals surface area contributed by atoms with Gasteiger partial charge in [0, 0.05) is 4.47 Å². The number of nitrogens with zero attached hydrogens (tertiary/aromatic N) is 1. The first-order chi connectivity index (χ1) is 17.4. The van der Waals surface area contributed by atoms with Crippen molar-refractivity contribution in [1.82, 2.24) is 10.7 Å². The SMILES string of the molecule is CCOc1cc(C=NNC(=O)CNC(=O)c2ccccc2OC)cc(Br)c1OCc1ccc(Br)cc1. The Labute approximate surface area is 226 Å². The first-order valence-corrected chi connectivity index (χ1v) is 12.6. The van der Waals surface area contributed by atoms with Gasteiger partial charge in [0.2, 0.25) is 0 Å². The first kappa shape index (κ1) is 27.2. The van der Waals surface area contributed by atoms with E-state index < -0.39 is 11.8 Å². The van der Waals surface area contributed by atoms with Crippen LogP contribution in [0.3, 0.4) is 0 Å². The summed E-state index contributed by atoms with van der Waals surface area (Å²) in [7, 11) is 1.48. The lowest BCUT2D eigenvalue weighted by molar-refractivity contribution is -0.120. The average molecular weight is 619 g/mol. The molecule has 0 bridgehead atoms. The third kappa shape index (κ3) is 7.82. The molecule has 0 unspecified atom stereocenters. The summed E-state index contributed by atoms with van der Waals surface area (Å²) < 4.78 is 18.6. The Morgan fingerprint density at radius 3 is 2.47 bits per heavy atom. The molecule has 36 heavy (non-hydrogen) atoms. The average Bonchev–Trinajstić information content (AvgIpc) is 2.88. The van der Waals surface area contributed by atoms with Crippen LogP contribution in [0.25, 0.3) is 0 Å². The van der Waals surface area contributed by atoms with Gasteiger partial charge in [0.15, 0.2) is 11.5 Å². The zero-order valence-electron chi connectivity index (χ0n) is 19.7. The van der Waals surface area contributed by atoms with Crippen molar-refractivity contribution in [2.45, 2.75) is 13.5 Å². The fourth-order valence-electron chi connectivity index (χ4n) is 3.11. The minimum atomic E-state index is -0.479. The van der Waals surface area contributed by atoms with Gasteiger partial charge in [-0.2, -0.15) is 5.10 Å². The first-order valence-electron chi connectivity index (χ1n) is 11.0. The standard InChI is InChI=1S/C26H25Br2N3O5/c1-3-35-23-13-18(12-21(28)25(23)36-16-17-8-10-19(27)11-9-17)14-30-31-24(32)15-29-26(33)20-6-4-5-7-22(20)34-2/h4-14H,3,15-16H2,1-2H3,(H,29,33)(H,31,32). The molecule has 3 aromatic carbocycles. The van der Waals surface area contributed by atoms with Crippen molar-refractivity contribution in [2.75, 3.05) is 20.3 Å². The molecule has 0 spiro atoms. The molecule has 3 aromatic rings. The van der Waals surface area contributed by atoms with Gasteiger partial charge in [0.05, 0.1) is 36.5 Å². The number of nitrogens with one attached hydrogen (secondary N) is 2. The number of rotatable bonds is 11. The number of methoxy groups -OCH3 is 1. The van der Waals surface area contributed by atoms with Crippen LogP contribution in [0, 0.1) is 0 Å². The molecular formula is C26H25Br2N3O5. The highest BCUT2D eigenvalue weighted by Crippen LogP contribution is 2.37. The molecule has 0 aliphatic heterocycles. The number of carbonyl (C=O) groups excluding carboxylic acids is 2. The van der Waals surface area contributed by atoms with Crippen molar-refractivity contribution in [3.05, 3.63) is 86.3 Å². The third-order valence-corrected chi connectivity index (χ3v) is 5.91. The number of ether oxygens (including phenoxy) is 3. The van der Waals surface area contributed by atoms with Gasteiger partial charge in [-0.25, -0.2) is 5.43 Å². The largest absolute Gasteiger partial charge is 0.496 e. The lowest BCUT2D eigenvalue weighted by Gasteiger charge is -2.14. The van der Waals surface area contributed by atoms with Crippen molar-refractivity contribution in [3.63, 3.8) is 0 Å². The summed E-state index contributed by atoms with van der Waals surface area (Å²) in [4.78, 5) is 24.4. The Hall–Kier alpha value is -3.37. The van der Waals surface area contributed by atoms with Crippen LogP contribution in [0.15, 0.2) is 74.7 Å². The highest BCUT2D eigenvalue weighted by atomic mass is 79.9. The van der Waals surface area contributed by atoms with Crippen molar-refractivity contribution in [2.24, 2.45) is 5.10 Å². The van der Waals surface area contributed by atoms with Crippen LogP contribution in [0.2, 0.25) is 0 Å². The summed E-state index contributed by atoms with van der Waals surface area (Å²) in [5, 5.41) is 6.52. The van der Waals surface area contributed by atoms with Crippen LogP contribution in [0.5, 0.6) is 17.2 Å². The lowest BCUT2D eigenvalue weighted by Crippen LogP contribution is -2.35. The van der Waals surface area contributed by atoms with Crippen LogP contribution in [0.1, 0.15) is 28.4 Å². The quantitative estimate of drug-likeness (QED) is 0.231. The van der Waals surface area contributed by atoms with Crippen molar-refractivity contribution < 1.29 is 23.8 Å². The fraction of sp³-hybridized carbons (Fsp3) is 0.192. The monoisotopic (exact) mass is 617 g/mol. The highest BCUT2D eigenvalue weighted by Gasteiger charge is 2.14. The molecule has 0 heterocycles. The molecule has 0 atom stereocenters. The van der Waals surface area contributed by atoms with Crippen LogP contribution in [-0.2, 0) is 11.4 Å². The second kappa shape index (κ2) is 13.6. The normalized spacial score (nSPS) is 10.7. The molecule has 0 fully saturated rings. The number of hydrogen-bond donors (Lipinski definition) is 2. The van der Waals surface area contributed by atoms with E-state index >= 15 is 0 Å². The lowest BCUT2D eigenvalue weighted by atomic mass is 10.2. The smallest absolute Gasteiger partial charge is 0.259 e. The van der Waals surface area contributed by atoms with Crippen LogP contribution in [-0.4, -0.2) is 38.3 Å². The van der Waals surface area contributed by atoms with E-state index in [1.807, 2.05) is 31.2 Å².